The molecule has 6 rings (SSSR count). The van der Waals surface area contributed by atoms with Crippen LogP contribution in [0.5, 0.6) is 11.5 Å². The lowest BCUT2D eigenvalue weighted by molar-refractivity contribution is -0.137. The van der Waals surface area contributed by atoms with Crippen molar-refractivity contribution in [2.75, 3.05) is 6.79 Å². The molecule has 5 aromatic rings. The molecule has 1 N–H and O–H groups in total. The molecule has 0 bridgehead atoms. The van der Waals surface area contributed by atoms with E-state index in [1.807, 2.05) is 83.8 Å². The Bertz CT molecular complexity index is 1690. The first-order valence-electron chi connectivity index (χ1n) is 13.9. The Balaban J connectivity index is 1.22. The van der Waals surface area contributed by atoms with Gasteiger partial charge in [-0.3, -0.25) is 9.69 Å². The highest BCUT2D eigenvalue weighted by molar-refractivity contribution is 7.09. The summed E-state index contributed by atoms with van der Waals surface area (Å²) in [6, 6.07) is 30.0. The second-order valence-corrected chi connectivity index (χ2v) is 11.3. The van der Waals surface area contributed by atoms with Gasteiger partial charge in [0.25, 0.3) is 5.91 Å². The third-order valence-electron chi connectivity index (χ3n) is 7.19. The smallest absolute Gasteiger partial charge is 0.416 e. The van der Waals surface area contributed by atoms with E-state index in [-0.39, 0.29) is 31.0 Å². The maximum absolute atomic E-state index is 13.4. The Morgan fingerprint density at radius 2 is 1.48 bits per heavy atom. The second-order valence-electron chi connectivity index (χ2n) is 10.4. The number of nitrogens with one attached hydrogen (secondary N) is 1. The average molecular weight is 616 g/mol. The van der Waals surface area contributed by atoms with E-state index in [4.69, 9.17) is 9.47 Å². The molecule has 224 valence electrons. The Labute approximate surface area is 256 Å². The van der Waals surface area contributed by atoms with Crippen LogP contribution in [-0.4, -0.2) is 22.6 Å². The highest BCUT2D eigenvalue weighted by Crippen LogP contribution is 2.34. The number of carbonyl (C=O) groups is 1. The number of fused-ring (bicyclic) bond motifs is 1. The molecule has 0 atom stereocenters. The van der Waals surface area contributed by atoms with Gasteiger partial charge in [-0.1, -0.05) is 84.9 Å². The second kappa shape index (κ2) is 12.9. The maximum atomic E-state index is 13.4. The zero-order chi connectivity index (χ0) is 30.5. The van der Waals surface area contributed by atoms with Crippen molar-refractivity contribution >= 4 is 17.2 Å². The van der Waals surface area contributed by atoms with Gasteiger partial charge in [0.05, 0.1) is 18.2 Å². The highest BCUT2D eigenvalue weighted by atomic mass is 32.1. The lowest BCUT2D eigenvalue weighted by Crippen LogP contribution is -2.29. The number of amides is 1. The number of ether oxygens (including phenoxy) is 2. The number of benzene rings is 4. The number of thiazole rings is 1. The summed E-state index contributed by atoms with van der Waals surface area (Å²) < 4.78 is 51.2. The van der Waals surface area contributed by atoms with Crippen LogP contribution in [0.15, 0.2) is 109 Å². The van der Waals surface area contributed by atoms with Crippen LogP contribution in [0.1, 0.15) is 49.4 Å². The van der Waals surface area contributed by atoms with Crippen molar-refractivity contribution in [3.63, 3.8) is 0 Å². The number of aromatic nitrogens is 1. The number of alkyl halides is 3. The Morgan fingerprint density at radius 1 is 0.818 bits per heavy atom. The van der Waals surface area contributed by atoms with Gasteiger partial charge >= 0.3 is 6.18 Å². The average Bonchev–Trinajstić information content (AvgIpc) is 3.70. The molecule has 4 aromatic carbocycles. The van der Waals surface area contributed by atoms with Gasteiger partial charge in [0, 0.05) is 18.5 Å². The number of halogens is 3. The Hall–Kier alpha value is -4.67. The molecule has 0 radical (unpaired) electrons. The largest absolute Gasteiger partial charge is 0.454 e. The predicted octanol–water partition coefficient (Wildman–Crippen LogP) is 7.61. The molecule has 1 aliphatic rings. The van der Waals surface area contributed by atoms with E-state index in [0.29, 0.717) is 35.2 Å². The molecular formula is C34H28F3N3O3S. The number of hydrogen-bond acceptors (Lipinski definition) is 6. The number of carbonyl (C=O) groups excluding carboxylic acids is 1. The molecule has 6 nitrogen and oxygen atoms in total. The molecule has 1 aromatic heterocycles. The first kappa shape index (κ1) is 29.4. The molecule has 44 heavy (non-hydrogen) atoms. The maximum Gasteiger partial charge on any atom is 0.416 e. The summed E-state index contributed by atoms with van der Waals surface area (Å²) in [6.45, 7) is 1.12. The topological polar surface area (TPSA) is 63.7 Å². The minimum absolute atomic E-state index is 0.145. The summed E-state index contributed by atoms with van der Waals surface area (Å²) in [5.74, 6) is 0.963. The third-order valence-corrected chi connectivity index (χ3v) is 8.02. The number of hydrogen-bond donors (Lipinski definition) is 1. The third kappa shape index (κ3) is 7.10. The molecule has 0 aliphatic carbocycles. The molecule has 1 amide bonds. The SMILES string of the molecule is O=C(NC(c1ccccc1)c1ccccc1)c1csc(CN(Cc2cccc(C(F)(F)F)c2)Cc2ccc3c(c2)OCO3)n1. The van der Waals surface area contributed by atoms with Crippen LogP contribution in [0, 0.1) is 0 Å². The van der Waals surface area contributed by atoms with E-state index >= 15 is 0 Å². The lowest BCUT2D eigenvalue weighted by Gasteiger charge is -2.22. The molecule has 0 spiro atoms. The summed E-state index contributed by atoms with van der Waals surface area (Å²) in [4.78, 5) is 20.0. The van der Waals surface area contributed by atoms with Gasteiger partial charge in [0.1, 0.15) is 10.7 Å². The summed E-state index contributed by atoms with van der Waals surface area (Å²) in [6.07, 6.45) is -4.44. The Kier molecular flexibility index (Phi) is 8.63. The van der Waals surface area contributed by atoms with E-state index in [1.54, 1.807) is 11.4 Å². The van der Waals surface area contributed by atoms with Crippen LogP contribution in [-0.2, 0) is 25.8 Å². The fraction of sp³-hybridized carbons (Fsp3) is 0.176. The quantitative estimate of drug-likeness (QED) is 0.175. The normalized spacial score (nSPS) is 12.6. The van der Waals surface area contributed by atoms with Crippen LogP contribution in [0.2, 0.25) is 0 Å². The fourth-order valence-corrected chi connectivity index (χ4v) is 5.92. The van der Waals surface area contributed by atoms with Crippen molar-refractivity contribution in [1.29, 1.82) is 0 Å². The van der Waals surface area contributed by atoms with Crippen LogP contribution in [0.3, 0.4) is 0 Å². The summed E-state index contributed by atoms with van der Waals surface area (Å²) in [5, 5.41) is 5.49. The zero-order valence-electron chi connectivity index (χ0n) is 23.5. The van der Waals surface area contributed by atoms with Gasteiger partial charge in [0.15, 0.2) is 11.5 Å². The van der Waals surface area contributed by atoms with Crippen LogP contribution >= 0.6 is 11.3 Å². The molecule has 0 fully saturated rings. The minimum atomic E-state index is -4.44. The van der Waals surface area contributed by atoms with E-state index in [0.717, 1.165) is 22.8 Å². The van der Waals surface area contributed by atoms with E-state index in [1.165, 1.54) is 23.5 Å². The monoisotopic (exact) mass is 615 g/mol. The summed E-state index contributed by atoms with van der Waals surface area (Å²) in [7, 11) is 0. The fourth-order valence-electron chi connectivity index (χ4n) is 5.10. The standard InChI is InChI=1S/C34H28F3N3O3S/c35-34(36,37)27-13-7-8-23(16-27)18-40(19-24-14-15-29-30(17-24)43-22-42-29)20-31-38-28(21-44-31)33(41)39-32(25-9-3-1-4-10-25)26-11-5-2-6-12-26/h1-17,21,32H,18-20,22H2,(H,39,41). The van der Waals surface area contributed by atoms with Crippen molar-refractivity contribution in [1.82, 2.24) is 15.2 Å². The zero-order valence-corrected chi connectivity index (χ0v) is 24.3. The summed E-state index contributed by atoms with van der Waals surface area (Å²) >= 11 is 1.34. The molecule has 0 saturated heterocycles. The van der Waals surface area contributed by atoms with E-state index in [2.05, 4.69) is 10.3 Å². The number of nitrogens with zero attached hydrogens (tertiary/aromatic N) is 2. The van der Waals surface area contributed by atoms with Crippen LogP contribution in [0.4, 0.5) is 13.2 Å². The van der Waals surface area contributed by atoms with Gasteiger partial charge < -0.3 is 14.8 Å². The number of rotatable bonds is 10. The van der Waals surface area contributed by atoms with Crippen molar-refractivity contribution in [2.45, 2.75) is 31.9 Å². The lowest BCUT2D eigenvalue weighted by atomic mass is 9.98. The van der Waals surface area contributed by atoms with Crippen LogP contribution in [0.25, 0.3) is 0 Å². The molecule has 0 saturated carbocycles. The Morgan fingerprint density at radius 3 is 2.16 bits per heavy atom. The van der Waals surface area contributed by atoms with Crippen molar-refractivity contribution in [2.24, 2.45) is 0 Å². The van der Waals surface area contributed by atoms with E-state index < -0.39 is 11.7 Å². The van der Waals surface area contributed by atoms with E-state index in [9.17, 15) is 18.0 Å². The molecule has 10 heteroatoms. The van der Waals surface area contributed by atoms with Crippen molar-refractivity contribution in [3.05, 3.63) is 147 Å². The van der Waals surface area contributed by atoms with Gasteiger partial charge in [0.2, 0.25) is 6.79 Å². The van der Waals surface area contributed by atoms with Crippen molar-refractivity contribution < 1.29 is 27.4 Å². The molecule has 0 unspecified atom stereocenters. The highest BCUT2D eigenvalue weighted by Gasteiger charge is 2.30. The van der Waals surface area contributed by atoms with Crippen LogP contribution < -0.4 is 14.8 Å². The first-order chi connectivity index (χ1) is 21.3. The van der Waals surface area contributed by atoms with Crippen molar-refractivity contribution in [3.8, 4) is 11.5 Å². The molecular weight excluding hydrogens is 587 g/mol. The summed E-state index contributed by atoms with van der Waals surface area (Å²) in [5.41, 5.74) is 2.89. The first-order valence-corrected chi connectivity index (χ1v) is 14.8. The predicted molar refractivity (Wildman–Crippen MR) is 161 cm³/mol. The minimum Gasteiger partial charge on any atom is -0.454 e. The molecule has 1 aliphatic heterocycles. The van der Waals surface area contributed by atoms with Gasteiger partial charge in [-0.25, -0.2) is 4.98 Å². The van der Waals surface area contributed by atoms with Gasteiger partial charge in [-0.15, -0.1) is 11.3 Å². The van der Waals surface area contributed by atoms with Gasteiger partial charge in [-0.05, 0) is 40.5 Å². The molecule has 2 heterocycles. The van der Waals surface area contributed by atoms with Gasteiger partial charge in [-0.2, -0.15) is 13.2 Å².